The number of thiol groups is 1. The van der Waals surface area contributed by atoms with Gasteiger partial charge in [-0.05, 0) is 63.1 Å². The second-order valence-corrected chi connectivity index (χ2v) is 11.5. The molecule has 1 saturated heterocycles. The molecule has 0 radical (unpaired) electrons. The van der Waals surface area contributed by atoms with Gasteiger partial charge in [0.25, 0.3) is 5.91 Å². The van der Waals surface area contributed by atoms with Gasteiger partial charge in [-0.1, -0.05) is 29.8 Å². The van der Waals surface area contributed by atoms with Gasteiger partial charge in [0.05, 0.1) is 4.90 Å². The molecule has 8 nitrogen and oxygen atoms in total. The van der Waals surface area contributed by atoms with Gasteiger partial charge in [0.15, 0.2) is 16.3 Å². The molecule has 1 aliphatic heterocycles. The molecule has 180 valence electrons. The van der Waals surface area contributed by atoms with Crippen LogP contribution in [0.3, 0.4) is 0 Å². The van der Waals surface area contributed by atoms with Crippen molar-refractivity contribution in [1.82, 2.24) is 9.21 Å². The average molecular weight is 515 g/mol. The Morgan fingerprint density at radius 2 is 1.67 bits per heavy atom. The number of amides is 1. The molecule has 2 aromatic rings. The monoisotopic (exact) mass is 514 g/mol. The van der Waals surface area contributed by atoms with Crippen LogP contribution in [0.25, 0.3) is 0 Å². The third-order valence-electron chi connectivity index (χ3n) is 5.47. The summed E-state index contributed by atoms with van der Waals surface area (Å²) in [5.74, 6) is -0.327. The van der Waals surface area contributed by atoms with Crippen LogP contribution in [-0.2, 0) is 25.5 Å². The average Bonchev–Trinajstić information content (AvgIpc) is 2.79. The first kappa shape index (κ1) is 25.5. The van der Waals surface area contributed by atoms with Crippen LogP contribution in [0, 0.1) is 0 Å². The number of benzene rings is 2. The van der Waals surface area contributed by atoms with E-state index in [4.69, 9.17) is 16.3 Å². The normalized spacial score (nSPS) is 15.7. The van der Waals surface area contributed by atoms with Crippen molar-refractivity contribution in [3.05, 3.63) is 59.6 Å². The highest BCUT2D eigenvalue weighted by Gasteiger charge is 2.39. The van der Waals surface area contributed by atoms with Crippen LogP contribution < -0.4 is 4.74 Å². The number of rotatable bonds is 8. The number of hydrogen-bond acceptors (Lipinski definition) is 6. The molecule has 3 rings (SSSR count). The highest BCUT2D eigenvalue weighted by molar-refractivity contribution is 7.89. The fraction of sp³-hybridized carbons (Fsp3) is 0.409. The van der Waals surface area contributed by atoms with Gasteiger partial charge >= 0.3 is 0 Å². The van der Waals surface area contributed by atoms with Crippen LogP contribution in [0.4, 0.5) is 0 Å². The minimum atomic E-state index is -4.00. The lowest BCUT2D eigenvalue weighted by Gasteiger charge is -2.39. The van der Waals surface area contributed by atoms with Crippen LogP contribution >= 0.6 is 11.6 Å². The summed E-state index contributed by atoms with van der Waals surface area (Å²) < 4.78 is 56.1. The Labute approximate surface area is 201 Å². The molecule has 0 unspecified atom stereocenters. The van der Waals surface area contributed by atoms with E-state index in [0.717, 1.165) is 4.31 Å². The predicted molar refractivity (Wildman–Crippen MR) is 126 cm³/mol. The Morgan fingerprint density at radius 1 is 1.09 bits per heavy atom. The molecule has 0 atom stereocenters. The van der Waals surface area contributed by atoms with Gasteiger partial charge in [-0.25, -0.2) is 16.8 Å². The molecule has 1 aliphatic rings. The summed E-state index contributed by atoms with van der Waals surface area (Å²) in [6.45, 7) is 3.91. The van der Waals surface area contributed by atoms with Crippen molar-refractivity contribution in [3.8, 4) is 5.75 Å². The first-order valence-corrected chi connectivity index (χ1v) is 13.6. The fourth-order valence-corrected chi connectivity index (χ4v) is 6.66. The smallest absolute Gasteiger partial charge is 0.266 e. The molecule has 0 bridgehead atoms. The zero-order chi connectivity index (χ0) is 24.2. The van der Waals surface area contributed by atoms with Crippen molar-refractivity contribution in [2.45, 2.75) is 43.2 Å². The van der Waals surface area contributed by atoms with Crippen molar-refractivity contribution in [2.24, 2.45) is 0 Å². The summed E-state index contributed by atoms with van der Waals surface area (Å²) in [6, 6.07) is 13.9. The number of piperidine rings is 1. The maximum Gasteiger partial charge on any atom is 0.266 e. The van der Waals surface area contributed by atoms with Crippen molar-refractivity contribution < 1.29 is 26.4 Å². The molecule has 0 N–H and O–H groups in total. The topological polar surface area (TPSA) is 101 Å². The summed E-state index contributed by atoms with van der Waals surface area (Å²) in [7, 11) is -6.95. The van der Waals surface area contributed by atoms with Crippen molar-refractivity contribution in [3.63, 3.8) is 0 Å². The van der Waals surface area contributed by atoms with E-state index >= 15 is 0 Å². The largest absolute Gasteiger partial charge is 0.478 e. The van der Waals surface area contributed by atoms with Gasteiger partial charge < -0.3 is 9.64 Å². The van der Waals surface area contributed by atoms with Gasteiger partial charge in [-0.15, -0.1) is 0 Å². The molecular weight excluding hydrogens is 488 g/mol. The van der Waals surface area contributed by atoms with E-state index in [2.05, 4.69) is 0 Å². The Balaban J connectivity index is 1.70. The third-order valence-corrected chi connectivity index (χ3v) is 8.36. The first-order chi connectivity index (χ1) is 15.5. The van der Waals surface area contributed by atoms with Crippen molar-refractivity contribution >= 4 is 38.2 Å². The van der Waals surface area contributed by atoms with Gasteiger partial charge in [0.1, 0.15) is 11.6 Å². The van der Waals surface area contributed by atoms with Crippen LogP contribution in [0.2, 0.25) is 5.02 Å². The maximum atomic E-state index is 13.1. The Morgan fingerprint density at radius 3 is 2.21 bits per heavy atom. The van der Waals surface area contributed by atoms with Crippen LogP contribution in [0.5, 0.6) is 5.75 Å². The van der Waals surface area contributed by atoms with Gasteiger partial charge in [0.2, 0.25) is 10.0 Å². The molecule has 1 amide bonds. The Kier molecular flexibility index (Phi) is 8.04. The number of carbonyl (C=O) groups is 1. The second-order valence-electron chi connectivity index (χ2n) is 8.27. The number of nitrogens with zero attached hydrogens (tertiary/aromatic N) is 2. The summed E-state index contributed by atoms with van der Waals surface area (Å²) in [5.41, 5.74) is -1.14. The maximum absolute atomic E-state index is 13.1. The van der Waals surface area contributed by atoms with E-state index in [-0.39, 0.29) is 23.9 Å². The number of likely N-dealkylation sites (tertiary alicyclic amines) is 1. The van der Waals surface area contributed by atoms with E-state index in [1.54, 1.807) is 61.2 Å². The summed E-state index contributed by atoms with van der Waals surface area (Å²) in [6.07, 6.45) is 0.635. The zero-order valence-electron chi connectivity index (χ0n) is 18.4. The van der Waals surface area contributed by atoms with Crippen molar-refractivity contribution in [2.75, 3.05) is 19.0 Å². The van der Waals surface area contributed by atoms with E-state index in [9.17, 15) is 21.6 Å². The molecule has 33 heavy (non-hydrogen) atoms. The number of carbonyl (C=O) groups excluding carboxylic acids is 1. The standard InChI is InChI=1S/C22H27ClN2O6S2/c1-22(2,31-19-10-8-17(23)9-11-19)21(26)24-14-12-18(13-15-24)25(16-32(27)28)33(29,30)20-6-4-3-5-7-20/h3-11,18,32H,12-16H2,1-2H3. The molecule has 1 heterocycles. The number of sulfonamides is 1. The molecule has 1 fully saturated rings. The van der Waals surface area contributed by atoms with Crippen LogP contribution in [-0.4, -0.2) is 62.6 Å². The lowest BCUT2D eigenvalue weighted by atomic mass is 10.0. The van der Waals surface area contributed by atoms with Crippen LogP contribution in [0.15, 0.2) is 59.5 Å². The quantitative estimate of drug-likeness (QED) is 0.544. The van der Waals surface area contributed by atoms with Crippen molar-refractivity contribution in [1.29, 1.82) is 0 Å². The minimum absolute atomic E-state index is 0.0397. The Hall–Kier alpha value is -2.14. The van der Waals surface area contributed by atoms with E-state index in [0.29, 0.717) is 23.6 Å². The van der Waals surface area contributed by atoms with E-state index in [1.807, 2.05) is 0 Å². The third kappa shape index (κ3) is 6.26. The lowest BCUT2D eigenvalue weighted by Crippen LogP contribution is -2.54. The summed E-state index contributed by atoms with van der Waals surface area (Å²) in [5, 5.41) is 0.559. The number of hydrogen-bond donors (Lipinski definition) is 1. The minimum Gasteiger partial charge on any atom is -0.478 e. The highest BCUT2D eigenvalue weighted by Crippen LogP contribution is 2.27. The molecule has 0 spiro atoms. The lowest BCUT2D eigenvalue weighted by molar-refractivity contribution is -0.146. The van der Waals surface area contributed by atoms with E-state index < -0.39 is 38.2 Å². The van der Waals surface area contributed by atoms with Gasteiger partial charge in [-0.2, -0.15) is 4.31 Å². The van der Waals surface area contributed by atoms with Crippen LogP contribution in [0.1, 0.15) is 26.7 Å². The predicted octanol–water partition coefficient (Wildman–Crippen LogP) is 2.75. The summed E-state index contributed by atoms with van der Waals surface area (Å²) in [4.78, 5) is 14.8. The molecule has 0 aromatic heterocycles. The molecule has 0 aliphatic carbocycles. The molecule has 0 saturated carbocycles. The zero-order valence-corrected chi connectivity index (χ0v) is 20.9. The molecule has 11 heteroatoms. The first-order valence-electron chi connectivity index (χ1n) is 10.4. The van der Waals surface area contributed by atoms with Gasteiger partial charge in [-0.3, -0.25) is 4.79 Å². The molecule has 2 aromatic carbocycles. The summed E-state index contributed by atoms with van der Waals surface area (Å²) >= 11 is 5.89. The van der Waals surface area contributed by atoms with Gasteiger partial charge in [0, 0.05) is 24.2 Å². The second kappa shape index (κ2) is 10.4. The Bertz CT molecular complexity index is 1140. The highest BCUT2D eigenvalue weighted by atomic mass is 35.5. The number of ether oxygens (including phenoxy) is 1. The molecular formula is C22H27ClN2O6S2. The SMILES string of the molecule is CC(C)(Oc1ccc(Cl)cc1)C(=O)N1CCC(N(C[SH](=O)=O)S(=O)(=O)c2ccccc2)CC1. The number of halogens is 1. The fourth-order valence-electron chi connectivity index (χ4n) is 3.81. The van der Waals surface area contributed by atoms with E-state index in [1.165, 1.54) is 12.1 Å².